The van der Waals surface area contributed by atoms with Gasteiger partial charge in [-0.2, -0.15) is 4.39 Å². The van der Waals surface area contributed by atoms with E-state index in [-0.39, 0.29) is 16.1 Å². The summed E-state index contributed by atoms with van der Waals surface area (Å²) >= 11 is 6.25. The van der Waals surface area contributed by atoms with Gasteiger partial charge in [-0.05, 0) is 12.1 Å². The van der Waals surface area contributed by atoms with E-state index >= 15 is 0 Å². The van der Waals surface area contributed by atoms with Crippen LogP contribution in [0.5, 0.6) is 0 Å². The molecule has 0 radical (unpaired) electrons. The highest BCUT2D eigenvalue weighted by Crippen LogP contribution is 2.39. The maximum Gasteiger partial charge on any atom is 0.339 e. The van der Waals surface area contributed by atoms with Gasteiger partial charge in [0.25, 0.3) is 0 Å². The number of nitrogens with zero attached hydrogens (tertiary/aromatic N) is 2. The summed E-state index contributed by atoms with van der Waals surface area (Å²) < 4.78 is 20.9. The lowest BCUT2D eigenvalue weighted by molar-refractivity contribution is 0.0696. The lowest BCUT2D eigenvalue weighted by Crippen LogP contribution is -2.11. The minimum absolute atomic E-state index is 0.00278. The number of pyridine rings is 1. The number of aromatic nitrogens is 2. The van der Waals surface area contributed by atoms with Gasteiger partial charge in [-0.1, -0.05) is 11.6 Å². The van der Waals surface area contributed by atoms with Gasteiger partial charge in [0, 0.05) is 25.2 Å². The molecule has 0 bridgehead atoms. The predicted molar refractivity (Wildman–Crippen MR) is 79.2 cm³/mol. The molecule has 0 saturated heterocycles. The molecule has 0 unspecified atom stereocenters. The van der Waals surface area contributed by atoms with Crippen molar-refractivity contribution in [2.45, 2.75) is 13.0 Å². The molecular formula is C15H12ClFN2O3. The Morgan fingerprint density at radius 1 is 1.55 bits per heavy atom. The largest absolute Gasteiger partial charge is 0.501 e. The molecule has 0 aromatic carbocycles. The van der Waals surface area contributed by atoms with Crippen LogP contribution in [0.2, 0.25) is 5.02 Å². The van der Waals surface area contributed by atoms with Crippen molar-refractivity contribution in [1.82, 2.24) is 9.55 Å². The number of carboxylic acids is 1. The first-order valence-electron chi connectivity index (χ1n) is 6.55. The van der Waals surface area contributed by atoms with Crippen molar-refractivity contribution in [2.75, 3.05) is 7.11 Å². The summed E-state index contributed by atoms with van der Waals surface area (Å²) in [5.41, 5.74) is 0.842. The molecule has 2 aromatic rings. The third kappa shape index (κ3) is 2.16. The Morgan fingerprint density at radius 3 is 2.95 bits per heavy atom. The van der Waals surface area contributed by atoms with Gasteiger partial charge in [-0.15, -0.1) is 0 Å². The third-order valence-electron chi connectivity index (χ3n) is 3.61. The minimum Gasteiger partial charge on any atom is -0.501 e. The number of halogens is 2. The Kier molecular flexibility index (Phi) is 3.62. The quantitative estimate of drug-likeness (QED) is 0.879. The highest BCUT2D eigenvalue weighted by Gasteiger charge is 2.29. The molecule has 3 heterocycles. The normalized spacial score (nSPS) is 13.5. The number of carboxylic acid groups (broad SMARTS) is 1. The van der Waals surface area contributed by atoms with Gasteiger partial charge in [-0.3, -0.25) is 0 Å². The number of aromatic carboxylic acids is 1. The first-order chi connectivity index (χ1) is 10.5. The monoisotopic (exact) mass is 322 g/mol. The third-order valence-corrected chi connectivity index (χ3v) is 3.98. The molecule has 7 heteroatoms. The van der Waals surface area contributed by atoms with Crippen LogP contribution < -0.4 is 0 Å². The number of ether oxygens (including phenoxy) is 1. The molecule has 3 rings (SSSR count). The van der Waals surface area contributed by atoms with E-state index in [0.29, 0.717) is 30.1 Å². The van der Waals surface area contributed by atoms with E-state index in [4.69, 9.17) is 16.3 Å². The Bertz CT molecular complexity index is 798. The molecule has 0 fully saturated rings. The number of allylic oxidation sites excluding steroid dienone is 1. The van der Waals surface area contributed by atoms with Gasteiger partial charge in [0.1, 0.15) is 5.56 Å². The Balaban J connectivity index is 2.32. The number of methoxy groups -OCH3 is 1. The van der Waals surface area contributed by atoms with Crippen molar-refractivity contribution in [3.63, 3.8) is 0 Å². The molecule has 1 aliphatic rings. The molecule has 22 heavy (non-hydrogen) atoms. The predicted octanol–water partition coefficient (Wildman–Crippen LogP) is 3.43. The summed E-state index contributed by atoms with van der Waals surface area (Å²) in [4.78, 5) is 15.1. The van der Waals surface area contributed by atoms with Crippen LogP contribution in [-0.2, 0) is 11.3 Å². The lowest BCUT2D eigenvalue weighted by Gasteiger charge is -2.18. The van der Waals surface area contributed by atoms with Crippen LogP contribution in [0.15, 0.2) is 24.1 Å². The molecule has 0 atom stereocenters. The molecule has 5 nitrogen and oxygen atoms in total. The van der Waals surface area contributed by atoms with Crippen LogP contribution in [0, 0.1) is 5.95 Å². The molecular weight excluding hydrogens is 311 g/mol. The lowest BCUT2D eigenvalue weighted by atomic mass is 10.1. The second kappa shape index (κ2) is 5.46. The van der Waals surface area contributed by atoms with E-state index in [1.807, 2.05) is 0 Å². The Hall–Kier alpha value is -2.34. The maximum atomic E-state index is 14.0. The highest BCUT2D eigenvalue weighted by atomic mass is 35.5. The fourth-order valence-electron chi connectivity index (χ4n) is 2.62. The van der Waals surface area contributed by atoms with Gasteiger partial charge in [0.05, 0.1) is 34.8 Å². The molecule has 2 aromatic heterocycles. The summed E-state index contributed by atoms with van der Waals surface area (Å²) in [6.07, 6.45) is 3.52. The first-order valence-corrected chi connectivity index (χ1v) is 6.93. The SMILES string of the molecule is COC1=Cc2c(C(=O)O)c(Cl)c(-c3cccnc3F)n2CC1. The topological polar surface area (TPSA) is 64.3 Å². The van der Waals surface area contributed by atoms with E-state index in [9.17, 15) is 14.3 Å². The van der Waals surface area contributed by atoms with E-state index < -0.39 is 11.9 Å². The number of carbonyl (C=O) groups is 1. The number of hydrogen-bond acceptors (Lipinski definition) is 3. The fraction of sp³-hybridized carbons (Fsp3) is 0.200. The van der Waals surface area contributed by atoms with Crippen molar-refractivity contribution in [1.29, 1.82) is 0 Å². The Labute approximate surface area is 130 Å². The van der Waals surface area contributed by atoms with E-state index in [0.717, 1.165) is 0 Å². The summed E-state index contributed by atoms with van der Waals surface area (Å²) in [6.45, 7) is 0.450. The van der Waals surface area contributed by atoms with Gasteiger partial charge in [0.2, 0.25) is 5.95 Å². The second-order valence-corrected chi connectivity index (χ2v) is 5.16. The number of hydrogen-bond donors (Lipinski definition) is 1. The van der Waals surface area contributed by atoms with E-state index in [2.05, 4.69) is 4.98 Å². The summed E-state index contributed by atoms with van der Waals surface area (Å²) in [7, 11) is 1.52. The Morgan fingerprint density at radius 2 is 2.32 bits per heavy atom. The van der Waals surface area contributed by atoms with Gasteiger partial charge in [-0.25, -0.2) is 9.78 Å². The number of fused-ring (bicyclic) bond motifs is 1. The van der Waals surface area contributed by atoms with E-state index in [1.165, 1.54) is 19.4 Å². The summed E-state index contributed by atoms with van der Waals surface area (Å²) in [5.74, 6) is -1.21. The molecule has 1 N–H and O–H groups in total. The first kappa shape index (κ1) is 14.6. The van der Waals surface area contributed by atoms with Crippen LogP contribution in [0.1, 0.15) is 22.5 Å². The fourth-order valence-corrected chi connectivity index (χ4v) is 3.01. The molecule has 0 spiro atoms. The average molecular weight is 323 g/mol. The zero-order valence-corrected chi connectivity index (χ0v) is 12.4. The zero-order valence-electron chi connectivity index (χ0n) is 11.6. The molecule has 0 saturated carbocycles. The second-order valence-electron chi connectivity index (χ2n) is 4.79. The van der Waals surface area contributed by atoms with Crippen molar-refractivity contribution in [3.8, 4) is 11.3 Å². The van der Waals surface area contributed by atoms with Crippen LogP contribution in [0.3, 0.4) is 0 Å². The van der Waals surface area contributed by atoms with E-state index in [1.54, 1.807) is 16.7 Å². The highest BCUT2D eigenvalue weighted by molar-refractivity contribution is 6.36. The molecule has 114 valence electrons. The van der Waals surface area contributed by atoms with Gasteiger partial charge in [0.15, 0.2) is 0 Å². The molecule has 1 aliphatic heterocycles. The van der Waals surface area contributed by atoms with Crippen molar-refractivity contribution < 1.29 is 19.0 Å². The van der Waals surface area contributed by atoms with Crippen molar-refractivity contribution in [3.05, 3.63) is 46.3 Å². The standard InChI is InChI=1S/C15H12ClFN2O3/c1-22-8-4-6-19-10(7-8)11(15(20)21)12(16)13(19)9-3-2-5-18-14(9)17/h2-3,5,7H,4,6H2,1H3,(H,20,21). The van der Waals surface area contributed by atoms with Gasteiger partial charge >= 0.3 is 5.97 Å². The zero-order chi connectivity index (χ0) is 15.9. The summed E-state index contributed by atoms with van der Waals surface area (Å²) in [5, 5.41) is 9.44. The van der Waals surface area contributed by atoms with Gasteiger partial charge < -0.3 is 14.4 Å². The van der Waals surface area contributed by atoms with Crippen LogP contribution in [0.4, 0.5) is 4.39 Å². The van der Waals surface area contributed by atoms with Crippen LogP contribution >= 0.6 is 11.6 Å². The smallest absolute Gasteiger partial charge is 0.339 e. The number of rotatable bonds is 3. The summed E-state index contributed by atoms with van der Waals surface area (Å²) in [6, 6.07) is 3.10. The minimum atomic E-state index is -1.17. The maximum absolute atomic E-state index is 14.0. The van der Waals surface area contributed by atoms with Crippen LogP contribution in [0.25, 0.3) is 17.3 Å². The molecule has 0 amide bonds. The van der Waals surface area contributed by atoms with Crippen molar-refractivity contribution in [2.24, 2.45) is 0 Å². The van der Waals surface area contributed by atoms with Crippen LogP contribution in [-0.4, -0.2) is 27.7 Å². The van der Waals surface area contributed by atoms with Crippen molar-refractivity contribution >= 4 is 23.6 Å². The average Bonchev–Trinajstić information content (AvgIpc) is 2.79. The molecule has 0 aliphatic carbocycles.